The van der Waals surface area contributed by atoms with Crippen molar-refractivity contribution in [1.29, 1.82) is 0 Å². The molecule has 0 unspecified atom stereocenters. The summed E-state index contributed by atoms with van der Waals surface area (Å²) in [7, 11) is 0. The number of hydrogen-bond donors (Lipinski definition) is 0. The van der Waals surface area contributed by atoms with Crippen LogP contribution in [0.4, 0.5) is 0 Å². The van der Waals surface area contributed by atoms with Gasteiger partial charge in [0.2, 0.25) is 6.73 Å². The van der Waals surface area contributed by atoms with Crippen LogP contribution >= 0.6 is 0 Å². The number of nitrogens with zero attached hydrogens (tertiary/aromatic N) is 2. The lowest BCUT2D eigenvalue weighted by molar-refractivity contribution is -0.529. The minimum Gasteiger partial charge on any atom is -0.600 e. The average molecular weight is 146 g/mol. The van der Waals surface area contributed by atoms with Gasteiger partial charge in [-0.15, -0.1) is 0 Å². The van der Waals surface area contributed by atoms with Crippen LogP contribution < -0.4 is 0 Å². The fraction of sp³-hybridized carbons (Fsp3) is 0.800. The lowest BCUT2D eigenvalue weighted by Gasteiger charge is -1.96. The maximum Gasteiger partial charge on any atom is 0.304 e. The van der Waals surface area contributed by atoms with E-state index in [4.69, 9.17) is 0 Å². The number of rotatable bonds is 3. The first-order valence-electron chi connectivity index (χ1n) is 2.92. The third-order valence-corrected chi connectivity index (χ3v) is 0.754. The van der Waals surface area contributed by atoms with Gasteiger partial charge in [0.1, 0.15) is 0 Å². The molecule has 0 aliphatic carbocycles. The normalized spacial score (nSPS) is 11.2. The summed E-state index contributed by atoms with van der Waals surface area (Å²) >= 11 is 0. The van der Waals surface area contributed by atoms with Crippen LogP contribution in [0.3, 0.4) is 0 Å². The van der Waals surface area contributed by atoms with Crippen LogP contribution in [0.2, 0.25) is 0 Å². The number of azo groups is 1. The highest BCUT2D eigenvalue weighted by Gasteiger charge is 1.91. The van der Waals surface area contributed by atoms with E-state index in [9.17, 15) is 10.0 Å². The number of esters is 1. The van der Waals surface area contributed by atoms with Crippen molar-refractivity contribution in [2.24, 2.45) is 5.11 Å². The highest BCUT2D eigenvalue weighted by Crippen LogP contribution is 1.79. The first kappa shape index (κ1) is 8.87. The molecule has 0 N–H and O–H groups in total. The third kappa shape index (κ3) is 5.02. The molecule has 0 radical (unpaired) electrons. The molecule has 0 spiro atoms. The lowest BCUT2D eigenvalue weighted by Crippen LogP contribution is -2.04. The Morgan fingerprint density at radius 1 is 1.80 bits per heavy atom. The van der Waals surface area contributed by atoms with E-state index in [2.05, 4.69) is 9.85 Å². The molecule has 0 aromatic rings. The maximum atomic E-state index is 10.4. The van der Waals surface area contributed by atoms with Crippen molar-refractivity contribution < 1.29 is 14.4 Å². The van der Waals surface area contributed by atoms with E-state index < -0.39 is 5.97 Å². The summed E-state index contributed by atoms with van der Waals surface area (Å²) in [5.41, 5.74) is 0. The summed E-state index contributed by atoms with van der Waals surface area (Å²) < 4.78 is 4.37. The van der Waals surface area contributed by atoms with E-state index >= 15 is 0 Å². The zero-order valence-electron chi connectivity index (χ0n) is 6.03. The Kier molecular flexibility index (Phi) is 4.19. The Morgan fingerprint density at radius 2 is 2.40 bits per heavy atom. The number of hydroxylamine groups is 1. The van der Waals surface area contributed by atoms with Gasteiger partial charge in [-0.3, -0.25) is 4.79 Å². The molecule has 10 heavy (non-hydrogen) atoms. The molecular formula is C5H10N2O3. The van der Waals surface area contributed by atoms with Crippen LogP contribution in [0.5, 0.6) is 0 Å². The molecule has 0 fully saturated rings. The van der Waals surface area contributed by atoms with Crippen LogP contribution in [0, 0.1) is 5.21 Å². The maximum absolute atomic E-state index is 10.4. The molecule has 0 aromatic heterocycles. The van der Waals surface area contributed by atoms with E-state index in [-0.39, 0.29) is 13.3 Å². The monoisotopic (exact) mass is 146 g/mol. The zero-order valence-corrected chi connectivity index (χ0v) is 6.03. The largest absolute Gasteiger partial charge is 0.600 e. The van der Waals surface area contributed by atoms with Crippen LogP contribution in [0.1, 0.15) is 13.8 Å². The van der Waals surface area contributed by atoms with Crippen molar-refractivity contribution in [3.63, 3.8) is 0 Å². The third-order valence-electron chi connectivity index (χ3n) is 0.754. The highest BCUT2D eigenvalue weighted by molar-refractivity contribution is 5.65. The van der Waals surface area contributed by atoms with Crippen LogP contribution in [0.15, 0.2) is 5.11 Å². The first-order chi connectivity index (χ1) is 4.66. The average Bonchev–Trinajstić information content (AvgIpc) is 1.87. The van der Waals surface area contributed by atoms with Crippen molar-refractivity contribution in [2.45, 2.75) is 13.8 Å². The van der Waals surface area contributed by atoms with Gasteiger partial charge in [0, 0.05) is 12.0 Å². The molecule has 5 heteroatoms. The SMILES string of the molecule is CC[N+]([O-])=NCOC(C)=O. The second-order valence-electron chi connectivity index (χ2n) is 1.57. The number of ether oxygens (including phenoxy) is 1. The molecule has 0 saturated heterocycles. The van der Waals surface area contributed by atoms with Gasteiger partial charge in [-0.1, -0.05) is 4.86 Å². The highest BCUT2D eigenvalue weighted by atomic mass is 16.6. The van der Waals surface area contributed by atoms with Gasteiger partial charge < -0.3 is 9.94 Å². The second kappa shape index (κ2) is 4.72. The molecule has 0 bridgehead atoms. The van der Waals surface area contributed by atoms with Gasteiger partial charge in [-0.2, -0.15) is 0 Å². The molecule has 0 amide bonds. The lowest BCUT2D eigenvalue weighted by atomic mass is 10.8. The van der Waals surface area contributed by atoms with Crippen LogP contribution in [-0.2, 0) is 9.53 Å². The topological polar surface area (TPSA) is 64.7 Å². The van der Waals surface area contributed by atoms with Gasteiger partial charge in [0.05, 0.1) is 0 Å². The molecule has 0 saturated carbocycles. The van der Waals surface area contributed by atoms with E-state index in [0.29, 0.717) is 4.86 Å². The number of carbonyl (C=O) groups excluding carboxylic acids is 1. The van der Waals surface area contributed by atoms with Gasteiger partial charge in [-0.25, -0.2) is 0 Å². The Balaban J connectivity index is 3.43. The smallest absolute Gasteiger partial charge is 0.304 e. The van der Waals surface area contributed by atoms with E-state index in [1.54, 1.807) is 6.92 Å². The Labute approximate surface area is 58.9 Å². The van der Waals surface area contributed by atoms with Gasteiger partial charge in [0.25, 0.3) is 0 Å². The number of carbonyl (C=O) groups is 1. The van der Waals surface area contributed by atoms with Gasteiger partial charge >= 0.3 is 5.97 Å². The van der Waals surface area contributed by atoms with Gasteiger partial charge in [-0.05, 0) is 6.92 Å². The molecule has 0 aliphatic heterocycles. The zero-order chi connectivity index (χ0) is 7.98. The Hall–Kier alpha value is -1.13. The van der Waals surface area contributed by atoms with E-state index in [0.717, 1.165) is 0 Å². The quantitative estimate of drug-likeness (QED) is 0.252. The van der Waals surface area contributed by atoms with Crippen molar-refractivity contribution >= 4 is 5.97 Å². The van der Waals surface area contributed by atoms with Crippen LogP contribution in [-0.4, -0.2) is 24.1 Å². The molecule has 0 heterocycles. The van der Waals surface area contributed by atoms with E-state index in [1.807, 2.05) is 0 Å². The molecule has 0 atom stereocenters. The summed E-state index contributed by atoms with van der Waals surface area (Å²) in [6.45, 7) is 2.99. The number of hydrogen-bond acceptors (Lipinski definition) is 4. The van der Waals surface area contributed by atoms with Crippen molar-refractivity contribution in [1.82, 2.24) is 0 Å². The van der Waals surface area contributed by atoms with Crippen molar-refractivity contribution in [3.8, 4) is 0 Å². The van der Waals surface area contributed by atoms with Crippen molar-refractivity contribution in [2.75, 3.05) is 13.3 Å². The molecule has 58 valence electrons. The molecule has 5 nitrogen and oxygen atoms in total. The summed E-state index contributed by atoms with van der Waals surface area (Å²) in [4.78, 5) is 10.6. The Morgan fingerprint density at radius 3 is 2.80 bits per heavy atom. The minimum atomic E-state index is -0.437. The summed E-state index contributed by atoms with van der Waals surface area (Å²) in [5, 5.41) is 13.7. The standard InChI is InChI=1S/C5H10N2O3/c1-3-7(9)6-4-10-5(2)8/h3-4H2,1-2H3. The summed E-state index contributed by atoms with van der Waals surface area (Å²) in [6, 6.07) is 0. The predicted octanol–water partition coefficient (Wildman–Crippen LogP) is 0.489. The first-order valence-corrected chi connectivity index (χ1v) is 2.92. The molecule has 0 aromatic carbocycles. The fourth-order valence-corrected chi connectivity index (χ4v) is 0.284. The molecule has 0 aliphatic rings. The van der Waals surface area contributed by atoms with E-state index in [1.165, 1.54) is 6.92 Å². The second-order valence-corrected chi connectivity index (χ2v) is 1.57. The van der Waals surface area contributed by atoms with Gasteiger partial charge in [0.15, 0.2) is 6.54 Å². The fourth-order valence-electron chi connectivity index (χ4n) is 0.284. The molecule has 0 rings (SSSR count). The summed E-state index contributed by atoms with van der Waals surface area (Å²) in [5.74, 6) is -0.437. The van der Waals surface area contributed by atoms with Crippen LogP contribution in [0.25, 0.3) is 0 Å². The Bertz CT molecular complexity index is 144. The summed E-state index contributed by atoms with van der Waals surface area (Å²) in [6.07, 6.45) is 0. The molecular weight excluding hydrogens is 136 g/mol. The van der Waals surface area contributed by atoms with Crippen molar-refractivity contribution in [3.05, 3.63) is 5.21 Å². The minimum absolute atomic E-state index is 0.188. The predicted molar refractivity (Wildman–Crippen MR) is 33.2 cm³/mol.